The molecule has 1 aromatic carbocycles. The standard InChI is InChI=1S/C22H22F3N5O2/c23-16-3-1-15(2-4-16)18-14-30(12-11-29-9-6-22(24,25)7-10-29)28-20(18)27-19-13-26-8-5-17(19)21(31)32/h1-5,8,13-14H,6-7,9-12H2,(H,27,28)(H,31,32). The zero-order valence-electron chi connectivity index (χ0n) is 17.1. The third-order valence-corrected chi connectivity index (χ3v) is 5.45. The smallest absolute Gasteiger partial charge is 0.337 e. The maximum atomic E-state index is 13.4. The Morgan fingerprint density at radius 2 is 1.84 bits per heavy atom. The summed E-state index contributed by atoms with van der Waals surface area (Å²) in [6, 6.07) is 7.26. The van der Waals surface area contributed by atoms with Crippen molar-refractivity contribution in [3.05, 3.63) is 60.3 Å². The van der Waals surface area contributed by atoms with Gasteiger partial charge in [0.1, 0.15) is 5.82 Å². The minimum Gasteiger partial charge on any atom is -0.478 e. The van der Waals surface area contributed by atoms with Gasteiger partial charge in [-0.2, -0.15) is 5.10 Å². The summed E-state index contributed by atoms with van der Waals surface area (Å²) in [5.74, 6) is -3.70. The minimum atomic E-state index is -2.60. The lowest BCUT2D eigenvalue weighted by Crippen LogP contribution is -2.40. The van der Waals surface area contributed by atoms with E-state index in [0.717, 1.165) is 0 Å². The van der Waals surface area contributed by atoms with E-state index in [1.54, 1.807) is 23.0 Å². The molecule has 10 heteroatoms. The molecule has 1 saturated heterocycles. The summed E-state index contributed by atoms with van der Waals surface area (Å²) in [7, 11) is 0. The van der Waals surface area contributed by atoms with Gasteiger partial charge in [-0.15, -0.1) is 0 Å². The summed E-state index contributed by atoms with van der Waals surface area (Å²) in [6.45, 7) is 1.65. The molecule has 1 aliphatic rings. The molecule has 0 amide bonds. The number of hydrogen-bond acceptors (Lipinski definition) is 5. The fourth-order valence-electron chi connectivity index (χ4n) is 3.62. The molecule has 0 saturated carbocycles. The predicted octanol–water partition coefficient (Wildman–Crippen LogP) is 4.26. The number of carbonyl (C=O) groups is 1. The number of aromatic carboxylic acids is 1. The van der Waals surface area contributed by atoms with Crippen LogP contribution in [0.15, 0.2) is 48.9 Å². The monoisotopic (exact) mass is 445 g/mol. The van der Waals surface area contributed by atoms with E-state index in [1.165, 1.54) is 30.6 Å². The summed E-state index contributed by atoms with van der Waals surface area (Å²) in [5.41, 5.74) is 1.65. The number of halogens is 3. The molecule has 0 radical (unpaired) electrons. The number of nitrogens with zero attached hydrogens (tertiary/aromatic N) is 4. The maximum Gasteiger partial charge on any atom is 0.337 e. The Balaban J connectivity index is 1.58. The topological polar surface area (TPSA) is 83.3 Å². The van der Waals surface area contributed by atoms with E-state index in [4.69, 9.17) is 0 Å². The van der Waals surface area contributed by atoms with Gasteiger partial charge in [-0.05, 0) is 23.8 Å². The summed E-state index contributed by atoms with van der Waals surface area (Å²) >= 11 is 0. The van der Waals surface area contributed by atoms with Crippen LogP contribution in [0, 0.1) is 5.82 Å². The molecule has 1 aliphatic heterocycles. The SMILES string of the molecule is O=C(O)c1ccncc1Nc1nn(CCN2CCC(F)(F)CC2)cc1-c1ccc(F)cc1. The molecule has 0 unspecified atom stereocenters. The Morgan fingerprint density at radius 1 is 1.12 bits per heavy atom. The fraction of sp³-hybridized carbons (Fsp3) is 0.318. The fourth-order valence-corrected chi connectivity index (χ4v) is 3.62. The number of anilines is 2. The molecular weight excluding hydrogens is 423 g/mol. The van der Waals surface area contributed by atoms with Crippen LogP contribution in [0.5, 0.6) is 0 Å². The highest BCUT2D eigenvalue weighted by atomic mass is 19.3. The number of hydrogen-bond donors (Lipinski definition) is 2. The van der Waals surface area contributed by atoms with Crippen molar-refractivity contribution in [3.8, 4) is 11.1 Å². The average molecular weight is 445 g/mol. The Bertz CT molecular complexity index is 1090. The van der Waals surface area contributed by atoms with Crippen LogP contribution in [0.2, 0.25) is 0 Å². The molecule has 2 aromatic heterocycles. The minimum absolute atomic E-state index is 0.0360. The molecule has 2 N–H and O–H groups in total. The van der Waals surface area contributed by atoms with Crippen molar-refractivity contribution >= 4 is 17.5 Å². The number of piperidine rings is 1. The second kappa shape index (κ2) is 8.99. The van der Waals surface area contributed by atoms with Crippen molar-refractivity contribution in [1.29, 1.82) is 0 Å². The molecule has 0 spiro atoms. The third kappa shape index (κ3) is 5.08. The molecule has 3 aromatic rings. The second-order valence-electron chi connectivity index (χ2n) is 7.71. The highest BCUT2D eigenvalue weighted by molar-refractivity contribution is 5.95. The van der Waals surface area contributed by atoms with Gasteiger partial charge in [-0.1, -0.05) is 12.1 Å². The number of benzene rings is 1. The first-order valence-corrected chi connectivity index (χ1v) is 10.2. The van der Waals surface area contributed by atoms with Crippen LogP contribution in [0.1, 0.15) is 23.2 Å². The average Bonchev–Trinajstić information content (AvgIpc) is 3.16. The van der Waals surface area contributed by atoms with E-state index in [1.807, 2.05) is 4.90 Å². The van der Waals surface area contributed by atoms with E-state index < -0.39 is 11.9 Å². The molecule has 0 aliphatic carbocycles. The van der Waals surface area contributed by atoms with Gasteiger partial charge < -0.3 is 15.3 Å². The van der Waals surface area contributed by atoms with Gasteiger partial charge in [0.15, 0.2) is 5.82 Å². The molecular formula is C22H22F3N5O2. The van der Waals surface area contributed by atoms with Crippen LogP contribution in [0.25, 0.3) is 11.1 Å². The van der Waals surface area contributed by atoms with Gasteiger partial charge >= 0.3 is 5.97 Å². The number of carboxylic acids is 1. The Kier molecular flexibility index (Phi) is 6.13. The zero-order valence-corrected chi connectivity index (χ0v) is 17.1. The molecule has 0 atom stereocenters. The van der Waals surface area contributed by atoms with E-state index in [2.05, 4.69) is 15.4 Å². The van der Waals surface area contributed by atoms with Crippen molar-refractivity contribution in [3.63, 3.8) is 0 Å². The number of rotatable bonds is 7. The van der Waals surface area contributed by atoms with Gasteiger partial charge in [0, 0.05) is 50.4 Å². The first-order chi connectivity index (χ1) is 15.3. The summed E-state index contributed by atoms with van der Waals surface area (Å²) < 4.78 is 41.8. The van der Waals surface area contributed by atoms with Crippen molar-refractivity contribution in [1.82, 2.24) is 19.7 Å². The quantitative estimate of drug-likeness (QED) is 0.566. The number of alkyl halides is 2. The van der Waals surface area contributed by atoms with Crippen LogP contribution < -0.4 is 5.32 Å². The van der Waals surface area contributed by atoms with Gasteiger partial charge in [-0.25, -0.2) is 18.0 Å². The van der Waals surface area contributed by atoms with Gasteiger partial charge in [-0.3, -0.25) is 9.67 Å². The van der Waals surface area contributed by atoms with Gasteiger partial charge in [0.2, 0.25) is 0 Å². The predicted molar refractivity (Wildman–Crippen MR) is 113 cm³/mol. The van der Waals surface area contributed by atoms with Gasteiger partial charge in [0.05, 0.1) is 24.0 Å². The van der Waals surface area contributed by atoms with E-state index in [9.17, 15) is 23.1 Å². The summed E-state index contributed by atoms with van der Waals surface area (Å²) in [4.78, 5) is 17.5. The lowest BCUT2D eigenvalue weighted by Gasteiger charge is -2.31. The largest absolute Gasteiger partial charge is 0.478 e. The summed E-state index contributed by atoms with van der Waals surface area (Å²) in [6.07, 6.45) is 4.24. The van der Waals surface area contributed by atoms with Gasteiger partial charge in [0.25, 0.3) is 5.92 Å². The van der Waals surface area contributed by atoms with Crippen molar-refractivity contribution < 1.29 is 23.1 Å². The Hall–Kier alpha value is -3.40. The van der Waals surface area contributed by atoms with E-state index >= 15 is 0 Å². The molecule has 168 valence electrons. The molecule has 7 nitrogen and oxygen atoms in total. The molecule has 1 fully saturated rings. The number of likely N-dealkylation sites (tertiary alicyclic amines) is 1. The lowest BCUT2D eigenvalue weighted by molar-refractivity contribution is -0.0555. The highest BCUT2D eigenvalue weighted by Crippen LogP contribution is 2.31. The lowest BCUT2D eigenvalue weighted by atomic mass is 10.1. The van der Waals surface area contributed by atoms with Crippen molar-refractivity contribution in [2.24, 2.45) is 0 Å². The number of carboxylic acid groups (broad SMARTS) is 1. The normalized spacial score (nSPS) is 16.1. The number of aromatic nitrogens is 3. The maximum absolute atomic E-state index is 13.4. The Morgan fingerprint density at radius 3 is 2.53 bits per heavy atom. The third-order valence-electron chi connectivity index (χ3n) is 5.45. The van der Waals surface area contributed by atoms with Crippen LogP contribution in [-0.2, 0) is 6.54 Å². The number of nitrogens with one attached hydrogen (secondary N) is 1. The molecule has 4 rings (SSSR count). The van der Waals surface area contributed by atoms with Crippen molar-refractivity contribution in [2.75, 3.05) is 25.0 Å². The Labute approximate surface area is 182 Å². The first-order valence-electron chi connectivity index (χ1n) is 10.2. The van der Waals surface area contributed by atoms with Crippen LogP contribution in [0.3, 0.4) is 0 Å². The van der Waals surface area contributed by atoms with E-state index in [-0.39, 0.29) is 29.9 Å². The van der Waals surface area contributed by atoms with E-state index in [0.29, 0.717) is 43.1 Å². The zero-order chi connectivity index (χ0) is 22.7. The second-order valence-corrected chi connectivity index (χ2v) is 7.71. The first kappa shape index (κ1) is 21.8. The molecule has 3 heterocycles. The molecule has 32 heavy (non-hydrogen) atoms. The van der Waals surface area contributed by atoms with Crippen LogP contribution in [0.4, 0.5) is 24.7 Å². The van der Waals surface area contributed by atoms with Crippen LogP contribution >= 0.6 is 0 Å². The summed E-state index contributed by atoms with van der Waals surface area (Å²) in [5, 5.41) is 17.0. The van der Waals surface area contributed by atoms with Crippen molar-refractivity contribution in [2.45, 2.75) is 25.3 Å². The molecule has 0 bridgehead atoms. The van der Waals surface area contributed by atoms with Crippen LogP contribution in [-0.4, -0.2) is 56.3 Å². The highest BCUT2D eigenvalue weighted by Gasteiger charge is 2.33. The number of pyridine rings is 1.